The number of fused-ring (bicyclic) bond motifs is 6. The van der Waals surface area contributed by atoms with Crippen molar-refractivity contribution in [2.75, 3.05) is 4.90 Å². The second-order valence-electron chi connectivity index (χ2n) is 15.2. The Kier molecular flexibility index (Phi) is 8.33. The molecule has 274 valence electrons. The van der Waals surface area contributed by atoms with Crippen LogP contribution in [0.3, 0.4) is 0 Å². The maximum atomic E-state index is 6.20. The minimum absolute atomic E-state index is 0.151. The van der Waals surface area contributed by atoms with Crippen LogP contribution in [0.5, 0.6) is 0 Å². The molecule has 0 fully saturated rings. The summed E-state index contributed by atoms with van der Waals surface area (Å²) in [7, 11) is 0. The quantitative estimate of drug-likeness (QED) is 0.151. The smallest absolute Gasteiger partial charge is 0.135 e. The number of nitrogens with zero attached hydrogens (tertiary/aromatic N) is 1. The minimum atomic E-state index is 0.151. The third kappa shape index (κ3) is 5.98. The zero-order valence-corrected chi connectivity index (χ0v) is 31.9. The van der Waals surface area contributed by atoms with Gasteiger partial charge in [-0.25, -0.2) is 0 Å². The molecule has 0 saturated carbocycles. The van der Waals surface area contributed by atoms with Crippen LogP contribution in [0.4, 0.5) is 11.4 Å². The van der Waals surface area contributed by atoms with Crippen molar-refractivity contribution in [3.63, 3.8) is 0 Å². The van der Waals surface area contributed by atoms with Crippen molar-refractivity contribution in [2.24, 2.45) is 0 Å². The van der Waals surface area contributed by atoms with Crippen molar-refractivity contribution in [2.45, 2.75) is 12.5 Å². The van der Waals surface area contributed by atoms with E-state index in [2.05, 4.69) is 211 Å². The van der Waals surface area contributed by atoms with Crippen LogP contribution in [0.15, 0.2) is 223 Å². The van der Waals surface area contributed by atoms with Gasteiger partial charge in [-0.2, -0.15) is 0 Å². The average molecular weight is 742 g/mol. The lowest BCUT2D eigenvalue weighted by atomic mass is 9.88. The van der Waals surface area contributed by atoms with Crippen LogP contribution in [-0.2, 0) is 0 Å². The molecule has 1 aliphatic rings. The summed E-state index contributed by atoms with van der Waals surface area (Å²) in [5.74, 6) is 0. The summed E-state index contributed by atoms with van der Waals surface area (Å²) < 4.78 is 6.20. The second kappa shape index (κ2) is 14.3. The van der Waals surface area contributed by atoms with Gasteiger partial charge < -0.3 is 9.32 Å². The van der Waals surface area contributed by atoms with E-state index in [1.165, 1.54) is 77.4 Å². The molecule has 1 heterocycles. The van der Waals surface area contributed by atoms with E-state index in [4.69, 9.17) is 4.42 Å². The van der Waals surface area contributed by atoms with Gasteiger partial charge >= 0.3 is 0 Å². The summed E-state index contributed by atoms with van der Waals surface area (Å²) in [6, 6.07) is 72.4. The predicted octanol–water partition coefficient (Wildman–Crippen LogP) is 15.4. The van der Waals surface area contributed by atoms with Crippen molar-refractivity contribution < 1.29 is 4.42 Å². The van der Waals surface area contributed by atoms with Crippen LogP contribution in [0, 0.1) is 0 Å². The van der Waals surface area contributed by atoms with E-state index >= 15 is 0 Å². The number of allylic oxidation sites excluding steroid dienone is 2. The van der Waals surface area contributed by atoms with Crippen molar-refractivity contribution in [1.29, 1.82) is 0 Å². The maximum Gasteiger partial charge on any atom is 0.135 e. The van der Waals surface area contributed by atoms with Gasteiger partial charge in [0.2, 0.25) is 0 Å². The summed E-state index contributed by atoms with van der Waals surface area (Å²) in [5, 5.41) is 7.39. The fraction of sp³-hybridized carbons (Fsp3) is 0.0357. The molecular formula is C56H39NO. The van der Waals surface area contributed by atoms with Crippen LogP contribution < -0.4 is 4.90 Å². The van der Waals surface area contributed by atoms with Gasteiger partial charge in [-0.15, -0.1) is 0 Å². The molecule has 9 aromatic carbocycles. The number of hydrogen-bond acceptors (Lipinski definition) is 2. The highest BCUT2D eigenvalue weighted by atomic mass is 16.3. The molecule has 10 aromatic rings. The molecule has 1 atom stereocenters. The van der Waals surface area contributed by atoms with E-state index < -0.39 is 0 Å². The van der Waals surface area contributed by atoms with Gasteiger partial charge in [-0.3, -0.25) is 0 Å². The Hall–Kier alpha value is -7.42. The largest absolute Gasteiger partial charge is 0.456 e. The normalized spacial score (nSPS) is 14.0. The third-order valence-corrected chi connectivity index (χ3v) is 11.8. The molecule has 0 aliphatic heterocycles. The number of anilines is 2. The summed E-state index contributed by atoms with van der Waals surface area (Å²) in [6.07, 6.45) is 7.97. The predicted molar refractivity (Wildman–Crippen MR) is 246 cm³/mol. The first-order valence-electron chi connectivity index (χ1n) is 20.1. The molecule has 0 radical (unpaired) electrons. The van der Waals surface area contributed by atoms with E-state index in [1.807, 2.05) is 12.1 Å². The second-order valence-corrected chi connectivity index (χ2v) is 15.2. The Morgan fingerprint density at radius 3 is 1.81 bits per heavy atom. The molecule has 0 saturated heterocycles. The van der Waals surface area contributed by atoms with Gasteiger partial charge in [0.25, 0.3) is 0 Å². The Balaban J connectivity index is 0.940. The maximum absolute atomic E-state index is 6.20. The fourth-order valence-corrected chi connectivity index (χ4v) is 8.96. The lowest BCUT2D eigenvalue weighted by Gasteiger charge is -2.33. The zero-order valence-electron chi connectivity index (χ0n) is 31.9. The molecule has 58 heavy (non-hydrogen) atoms. The number of furan rings is 1. The van der Waals surface area contributed by atoms with E-state index in [9.17, 15) is 0 Å². The molecular weight excluding hydrogens is 703 g/mol. The van der Waals surface area contributed by atoms with Gasteiger partial charge in [0.05, 0.1) is 6.04 Å². The van der Waals surface area contributed by atoms with E-state index in [0.717, 1.165) is 28.4 Å². The minimum Gasteiger partial charge on any atom is -0.456 e. The number of para-hydroxylation sites is 2. The molecule has 0 bridgehead atoms. The first kappa shape index (κ1) is 33.9. The topological polar surface area (TPSA) is 16.4 Å². The van der Waals surface area contributed by atoms with Gasteiger partial charge in [0, 0.05) is 22.1 Å². The van der Waals surface area contributed by atoms with Crippen LogP contribution in [0.2, 0.25) is 0 Å². The molecule has 2 heteroatoms. The molecule has 2 nitrogen and oxygen atoms in total. The van der Waals surface area contributed by atoms with Crippen molar-refractivity contribution in [1.82, 2.24) is 0 Å². The fourth-order valence-electron chi connectivity index (χ4n) is 8.96. The highest BCUT2D eigenvalue weighted by Crippen LogP contribution is 2.41. The zero-order chi connectivity index (χ0) is 38.4. The molecule has 1 aliphatic carbocycles. The van der Waals surface area contributed by atoms with E-state index in [-0.39, 0.29) is 6.04 Å². The summed E-state index contributed by atoms with van der Waals surface area (Å²) in [6.45, 7) is 0. The molecule has 1 aromatic heterocycles. The Morgan fingerprint density at radius 2 is 1.02 bits per heavy atom. The van der Waals surface area contributed by atoms with Crippen LogP contribution in [0.1, 0.15) is 12.0 Å². The van der Waals surface area contributed by atoms with E-state index in [1.54, 1.807) is 0 Å². The lowest BCUT2D eigenvalue weighted by molar-refractivity contribution is 0.669. The monoisotopic (exact) mass is 741 g/mol. The summed E-state index contributed by atoms with van der Waals surface area (Å²) >= 11 is 0. The third-order valence-electron chi connectivity index (χ3n) is 11.8. The number of rotatable bonds is 7. The van der Waals surface area contributed by atoms with Crippen molar-refractivity contribution in [3.05, 3.63) is 224 Å². The highest BCUT2D eigenvalue weighted by Gasteiger charge is 2.22. The summed E-state index contributed by atoms with van der Waals surface area (Å²) in [4.78, 5) is 2.47. The van der Waals surface area contributed by atoms with Gasteiger partial charge in [-0.05, 0) is 127 Å². The Morgan fingerprint density at radius 1 is 0.397 bits per heavy atom. The lowest BCUT2D eigenvalue weighted by Crippen LogP contribution is -2.30. The Bertz CT molecular complexity index is 3190. The molecule has 11 rings (SSSR count). The SMILES string of the molecule is C1=CC(N(c2ccccc2)c2ccc(-c3cc4ccccc4c4ccccc34)cc2)CC=C1c1ccc(-c2ccccc2)c(-c2ccc3oc4ccccc4c3c2)c1. The first-order valence-corrected chi connectivity index (χ1v) is 20.1. The molecule has 1 unspecified atom stereocenters. The molecule has 0 spiro atoms. The van der Waals surface area contributed by atoms with Crippen LogP contribution >= 0.6 is 0 Å². The van der Waals surface area contributed by atoms with Crippen LogP contribution in [-0.4, -0.2) is 6.04 Å². The van der Waals surface area contributed by atoms with Gasteiger partial charge in [0.15, 0.2) is 0 Å². The van der Waals surface area contributed by atoms with Gasteiger partial charge in [-0.1, -0.05) is 164 Å². The molecule has 0 amide bonds. The standard InChI is InChI=1S/C56H39NO/c1-3-13-39(14-4-1)48-33-27-41(35-53(48)43-28-34-56-54(37-43)51-21-11-12-22-55(51)58-56)38-23-29-45(30-24-38)57(44-16-5-2-6-17-44)46-31-25-40(26-32-46)52-36-42-15-7-8-18-47(42)49-19-9-10-20-50(49)52/h1-29,31-37,45H,30H2. The average Bonchev–Trinajstić information content (AvgIpc) is 3.68. The first-order chi connectivity index (χ1) is 28.7. The summed E-state index contributed by atoms with van der Waals surface area (Å²) in [5.41, 5.74) is 13.9. The van der Waals surface area contributed by atoms with Crippen LogP contribution in [0.25, 0.3) is 82.4 Å². The van der Waals surface area contributed by atoms with Crippen molar-refractivity contribution in [3.8, 4) is 33.4 Å². The van der Waals surface area contributed by atoms with E-state index in [0.29, 0.717) is 0 Å². The van der Waals surface area contributed by atoms with Gasteiger partial charge in [0.1, 0.15) is 11.2 Å². The number of benzene rings is 9. The number of hydrogen-bond donors (Lipinski definition) is 0. The Labute approximate surface area is 338 Å². The highest BCUT2D eigenvalue weighted by molar-refractivity contribution is 6.14. The van der Waals surface area contributed by atoms with Crippen molar-refractivity contribution >= 4 is 60.4 Å². The molecule has 0 N–H and O–H groups in total.